The summed E-state index contributed by atoms with van der Waals surface area (Å²) in [5.41, 5.74) is 0.0868. The minimum Gasteiger partial charge on any atom is -0.379 e. The number of piperidine rings is 1. The Hall–Kier alpha value is -1.77. The second-order valence-corrected chi connectivity index (χ2v) is 5.70. The van der Waals surface area contributed by atoms with Crippen molar-refractivity contribution >= 4 is 11.5 Å². The first-order valence-corrected chi connectivity index (χ1v) is 7.49. The van der Waals surface area contributed by atoms with Crippen LogP contribution in [0.4, 0.5) is 11.5 Å². The quantitative estimate of drug-likeness (QED) is 0.646. The zero-order chi connectivity index (χ0) is 15.6. The molecule has 1 N–H and O–H groups in total. The second-order valence-electron chi connectivity index (χ2n) is 5.70. The van der Waals surface area contributed by atoms with E-state index in [2.05, 4.69) is 14.8 Å². The fraction of sp³-hybridized carbons (Fsp3) is 0.643. The van der Waals surface area contributed by atoms with Crippen molar-refractivity contribution in [2.24, 2.45) is 0 Å². The van der Waals surface area contributed by atoms with Gasteiger partial charge < -0.3 is 24.9 Å². The number of pyridine rings is 1. The lowest BCUT2D eigenvalue weighted by Crippen LogP contribution is -2.58. The summed E-state index contributed by atoms with van der Waals surface area (Å²) in [5, 5.41) is 21.4. The number of rotatable bonds is 3. The van der Waals surface area contributed by atoms with Crippen LogP contribution in [0.25, 0.3) is 0 Å². The Morgan fingerprint density at radius 2 is 1.91 bits per heavy atom. The average Bonchev–Trinajstić information content (AvgIpc) is 2.56. The van der Waals surface area contributed by atoms with Crippen LogP contribution >= 0.6 is 0 Å². The third kappa shape index (κ3) is 3.03. The van der Waals surface area contributed by atoms with Gasteiger partial charge in [-0.1, -0.05) is 0 Å². The van der Waals surface area contributed by atoms with Crippen LogP contribution in [0, 0.1) is 10.1 Å². The molecule has 0 atom stereocenters. The Bertz CT molecular complexity index is 522. The lowest BCUT2D eigenvalue weighted by atomic mass is 9.97. The Kier molecular flexibility index (Phi) is 4.23. The lowest BCUT2D eigenvalue weighted by molar-refractivity contribution is -0.389. The van der Waals surface area contributed by atoms with E-state index in [1.54, 1.807) is 6.07 Å². The molecular formula is C14H20N4O4. The number of morpholine rings is 1. The minimum absolute atomic E-state index is 0.148. The van der Waals surface area contributed by atoms with Gasteiger partial charge in [0.2, 0.25) is 0 Å². The monoisotopic (exact) mass is 308 g/mol. The number of nitrogens with zero attached hydrogens (tertiary/aromatic N) is 4. The van der Waals surface area contributed by atoms with Crippen LogP contribution in [0.3, 0.4) is 0 Å². The molecule has 0 aromatic carbocycles. The highest BCUT2D eigenvalue weighted by atomic mass is 16.6. The average molecular weight is 308 g/mol. The van der Waals surface area contributed by atoms with Gasteiger partial charge in [0.15, 0.2) is 6.20 Å². The predicted octanol–water partition coefficient (Wildman–Crippen LogP) is 0.611. The molecule has 120 valence electrons. The van der Waals surface area contributed by atoms with E-state index in [1.165, 1.54) is 12.3 Å². The summed E-state index contributed by atoms with van der Waals surface area (Å²) in [6.07, 6.45) is 2.81. The Balaban J connectivity index is 1.62. The van der Waals surface area contributed by atoms with Gasteiger partial charge in [-0.2, -0.15) is 0 Å². The van der Waals surface area contributed by atoms with Crippen LogP contribution in [-0.2, 0) is 4.74 Å². The highest BCUT2D eigenvalue weighted by Crippen LogP contribution is 2.29. The van der Waals surface area contributed by atoms with Crippen molar-refractivity contribution in [3.63, 3.8) is 0 Å². The maximum Gasteiger partial charge on any atom is 0.363 e. The van der Waals surface area contributed by atoms with E-state index in [-0.39, 0.29) is 5.82 Å². The Morgan fingerprint density at radius 1 is 1.23 bits per heavy atom. The van der Waals surface area contributed by atoms with Crippen molar-refractivity contribution in [1.82, 2.24) is 9.88 Å². The van der Waals surface area contributed by atoms with E-state index in [4.69, 9.17) is 4.74 Å². The molecule has 0 aliphatic carbocycles. The molecule has 22 heavy (non-hydrogen) atoms. The smallest absolute Gasteiger partial charge is 0.363 e. The summed E-state index contributed by atoms with van der Waals surface area (Å²) >= 11 is 0. The maximum atomic E-state index is 10.8. The van der Waals surface area contributed by atoms with Crippen LogP contribution in [0.5, 0.6) is 0 Å². The first-order chi connectivity index (χ1) is 10.6. The van der Waals surface area contributed by atoms with Gasteiger partial charge in [0.05, 0.1) is 18.9 Å². The molecule has 3 heterocycles. The highest BCUT2D eigenvalue weighted by Gasteiger charge is 2.38. The van der Waals surface area contributed by atoms with Gasteiger partial charge in [0.25, 0.3) is 0 Å². The van der Waals surface area contributed by atoms with Gasteiger partial charge in [-0.3, -0.25) is 4.90 Å². The summed E-state index contributed by atoms with van der Waals surface area (Å²) in [6.45, 7) is 4.25. The third-order valence-electron chi connectivity index (χ3n) is 4.45. The fourth-order valence-corrected chi connectivity index (χ4v) is 3.09. The molecule has 2 aliphatic heterocycles. The molecule has 0 spiro atoms. The topological polar surface area (TPSA) is 92.0 Å². The molecule has 3 rings (SSSR count). The molecule has 0 bridgehead atoms. The number of aromatic nitrogens is 1. The molecule has 2 aliphatic rings. The number of aliphatic hydroxyl groups is 1. The van der Waals surface area contributed by atoms with Crippen LogP contribution in [0.2, 0.25) is 0 Å². The third-order valence-corrected chi connectivity index (χ3v) is 4.45. The van der Waals surface area contributed by atoms with E-state index in [0.29, 0.717) is 39.1 Å². The van der Waals surface area contributed by atoms with Crippen molar-refractivity contribution in [2.75, 3.05) is 44.3 Å². The maximum absolute atomic E-state index is 10.8. The lowest BCUT2D eigenvalue weighted by Gasteiger charge is -2.46. The summed E-state index contributed by atoms with van der Waals surface area (Å²) in [7, 11) is 0. The summed E-state index contributed by atoms with van der Waals surface area (Å²) in [6, 6.07) is 3.13. The van der Waals surface area contributed by atoms with E-state index >= 15 is 0 Å². The Labute approximate surface area is 128 Å². The van der Waals surface area contributed by atoms with E-state index < -0.39 is 10.6 Å². The summed E-state index contributed by atoms with van der Waals surface area (Å²) in [4.78, 5) is 18.2. The molecular weight excluding hydrogens is 288 g/mol. The van der Waals surface area contributed by atoms with Crippen LogP contribution < -0.4 is 4.90 Å². The van der Waals surface area contributed by atoms with Gasteiger partial charge in [0.1, 0.15) is 5.72 Å². The van der Waals surface area contributed by atoms with Crippen LogP contribution in [0.1, 0.15) is 12.8 Å². The summed E-state index contributed by atoms with van der Waals surface area (Å²) < 4.78 is 5.33. The number of hydrogen-bond acceptors (Lipinski definition) is 7. The summed E-state index contributed by atoms with van der Waals surface area (Å²) in [5.74, 6) is -0.148. The van der Waals surface area contributed by atoms with Crippen molar-refractivity contribution < 1.29 is 14.8 Å². The normalized spacial score (nSPS) is 22.5. The SMILES string of the molecule is O=[N+]([O-])c1ccc(N2CCC(O)(N3CCOCC3)CC2)cn1. The number of anilines is 1. The fourth-order valence-electron chi connectivity index (χ4n) is 3.09. The predicted molar refractivity (Wildman–Crippen MR) is 79.7 cm³/mol. The largest absolute Gasteiger partial charge is 0.379 e. The molecule has 1 aromatic rings. The highest BCUT2D eigenvalue weighted by molar-refractivity contribution is 5.47. The molecule has 0 unspecified atom stereocenters. The molecule has 8 nitrogen and oxygen atoms in total. The molecule has 8 heteroatoms. The molecule has 1 aromatic heterocycles. The first kappa shape index (κ1) is 15.1. The molecule has 2 fully saturated rings. The zero-order valence-corrected chi connectivity index (χ0v) is 12.3. The molecule has 2 saturated heterocycles. The van der Waals surface area contributed by atoms with Crippen molar-refractivity contribution in [2.45, 2.75) is 18.6 Å². The van der Waals surface area contributed by atoms with Crippen LogP contribution in [0.15, 0.2) is 18.3 Å². The van der Waals surface area contributed by atoms with Gasteiger partial charge in [-0.25, -0.2) is 0 Å². The van der Waals surface area contributed by atoms with Crippen molar-refractivity contribution in [3.05, 3.63) is 28.4 Å². The first-order valence-electron chi connectivity index (χ1n) is 7.49. The zero-order valence-electron chi connectivity index (χ0n) is 12.3. The number of ether oxygens (including phenoxy) is 1. The Morgan fingerprint density at radius 3 is 2.45 bits per heavy atom. The van der Waals surface area contributed by atoms with Crippen LogP contribution in [-0.4, -0.2) is 65.0 Å². The van der Waals surface area contributed by atoms with Gasteiger partial charge >= 0.3 is 5.82 Å². The van der Waals surface area contributed by atoms with E-state index in [1.807, 2.05) is 0 Å². The standard InChI is InChI=1S/C14H20N4O4/c19-14(17-7-9-22-10-8-17)3-5-16(6-4-14)12-1-2-13(15-11-12)18(20)21/h1-2,11,19H,3-10H2. The minimum atomic E-state index is -0.769. The van der Waals surface area contributed by atoms with E-state index in [0.717, 1.165) is 18.8 Å². The second kappa shape index (κ2) is 6.15. The van der Waals surface area contributed by atoms with E-state index in [9.17, 15) is 15.2 Å². The van der Waals surface area contributed by atoms with Gasteiger partial charge in [-0.15, -0.1) is 0 Å². The molecule has 0 saturated carbocycles. The van der Waals surface area contributed by atoms with Crippen molar-refractivity contribution in [3.8, 4) is 0 Å². The molecule has 0 amide bonds. The van der Waals surface area contributed by atoms with Crippen molar-refractivity contribution in [1.29, 1.82) is 0 Å². The van der Waals surface area contributed by atoms with Gasteiger partial charge in [0, 0.05) is 45.1 Å². The number of nitro groups is 1. The van der Waals surface area contributed by atoms with Gasteiger partial charge in [-0.05, 0) is 16.0 Å². The number of hydrogen-bond donors (Lipinski definition) is 1. The molecule has 0 radical (unpaired) electrons.